The maximum atomic E-state index is 12.4. The highest BCUT2D eigenvalue weighted by atomic mass is 16.3. The molecule has 0 bridgehead atoms. The Balaban J connectivity index is 1.42. The van der Waals surface area contributed by atoms with E-state index in [9.17, 15) is 9.90 Å². The van der Waals surface area contributed by atoms with Crippen LogP contribution in [0.5, 0.6) is 0 Å². The zero-order valence-electron chi connectivity index (χ0n) is 12.6. The van der Waals surface area contributed by atoms with Crippen molar-refractivity contribution in [3.05, 3.63) is 35.9 Å². The monoisotopic (exact) mass is 287 g/mol. The second-order valence-corrected chi connectivity index (χ2v) is 6.54. The summed E-state index contributed by atoms with van der Waals surface area (Å²) in [6.45, 7) is 0.838. The number of aliphatic hydroxyl groups is 1. The van der Waals surface area contributed by atoms with Crippen LogP contribution in [0.3, 0.4) is 0 Å². The van der Waals surface area contributed by atoms with E-state index < -0.39 is 5.60 Å². The number of hydrogen-bond donors (Lipinski definition) is 1. The van der Waals surface area contributed by atoms with Crippen molar-refractivity contribution in [2.24, 2.45) is 0 Å². The minimum Gasteiger partial charge on any atom is -0.388 e. The molecule has 1 amide bonds. The highest BCUT2D eigenvalue weighted by molar-refractivity contribution is 5.77. The summed E-state index contributed by atoms with van der Waals surface area (Å²) < 4.78 is 0. The molecule has 114 valence electrons. The van der Waals surface area contributed by atoms with Crippen LogP contribution in [-0.2, 0) is 11.2 Å². The molecule has 0 radical (unpaired) electrons. The summed E-state index contributed by atoms with van der Waals surface area (Å²) in [5, 5.41) is 10.3. The summed E-state index contributed by atoms with van der Waals surface area (Å²) in [6, 6.07) is 10.5. The number of unbranched alkanes of at least 4 members (excludes halogenated alkanes) is 1. The fraction of sp³-hybridized carbons (Fsp3) is 0.611. The van der Waals surface area contributed by atoms with E-state index in [0.717, 1.165) is 51.5 Å². The lowest BCUT2D eigenvalue weighted by atomic mass is 10.0. The van der Waals surface area contributed by atoms with Gasteiger partial charge in [0.15, 0.2) is 0 Å². The van der Waals surface area contributed by atoms with Crippen LogP contribution in [0.1, 0.15) is 50.5 Å². The molecule has 1 N–H and O–H groups in total. The second kappa shape index (κ2) is 6.18. The van der Waals surface area contributed by atoms with Crippen molar-refractivity contribution in [3.63, 3.8) is 0 Å². The van der Waals surface area contributed by atoms with Gasteiger partial charge in [0.2, 0.25) is 5.91 Å². The van der Waals surface area contributed by atoms with Crippen molar-refractivity contribution < 1.29 is 9.90 Å². The van der Waals surface area contributed by atoms with Crippen molar-refractivity contribution >= 4 is 5.91 Å². The van der Waals surface area contributed by atoms with Gasteiger partial charge in [0.25, 0.3) is 0 Å². The van der Waals surface area contributed by atoms with Crippen LogP contribution in [0.15, 0.2) is 30.3 Å². The summed E-state index contributed by atoms with van der Waals surface area (Å²) >= 11 is 0. The van der Waals surface area contributed by atoms with E-state index in [1.807, 2.05) is 11.0 Å². The summed E-state index contributed by atoms with van der Waals surface area (Å²) in [6.07, 6.45) is 7.43. The largest absolute Gasteiger partial charge is 0.388 e. The minimum atomic E-state index is -0.545. The molecule has 0 spiro atoms. The molecule has 1 aliphatic heterocycles. The fourth-order valence-corrected chi connectivity index (χ4v) is 3.48. The van der Waals surface area contributed by atoms with E-state index in [1.165, 1.54) is 5.56 Å². The molecule has 0 aromatic heterocycles. The van der Waals surface area contributed by atoms with E-state index in [-0.39, 0.29) is 11.9 Å². The van der Waals surface area contributed by atoms with Crippen LogP contribution in [-0.4, -0.2) is 34.1 Å². The van der Waals surface area contributed by atoms with Crippen LogP contribution in [0.25, 0.3) is 0 Å². The van der Waals surface area contributed by atoms with Crippen LogP contribution >= 0.6 is 0 Å². The van der Waals surface area contributed by atoms with Crippen molar-refractivity contribution in [1.82, 2.24) is 4.90 Å². The SMILES string of the molecule is O=C(CCCCc1ccccc1)N1CCCC1C1(O)CC1. The molecule has 1 saturated carbocycles. The Morgan fingerprint density at radius 2 is 2.00 bits per heavy atom. The summed E-state index contributed by atoms with van der Waals surface area (Å²) in [5.41, 5.74) is 0.798. The quantitative estimate of drug-likeness (QED) is 0.817. The first kappa shape index (κ1) is 14.6. The van der Waals surface area contributed by atoms with Gasteiger partial charge in [-0.3, -0.25) is 4.79 Å². The Hall–Kier alpha value is -1.35. The summed E-state index contributed by atoms with van der Waals surface area (Å²) in [5.74, 6) is 0.242. The summed E-state index contributed by atoms with van der Waals surface area (Å²) in [7, 11) is 0. The van der Waals surface area contributed by atoms with Crippen LogP contribution in [0.4, 0.5) is 0 Å². The first-order valence-electron chi connectivity index (χ1n) is 8.25. The standard InChI is InChI=1S/C18H25NO2/c20-17(11-5-4-9-15-7-2-1-3-8-15)19-14-6-10-16(19)18(21)12-13-18/h1-3,7-8,16,21H,4-6,9-14H2. The van der Waals surface area contributed by atoms with Gasteiger partial charge in [0.1, 0.15) is 0 Å². The lowest BCUT2D eigenvalue weighted by Crippen LogP contribution is -2.44. The third-order valence-corrected chi connectivity index (χ3v) is 4.90. The van der Waals surface area contributed by atoms with Gasteiger partial charge in [0.05, 0.1) is 11.6 Å². The van der Waals surface area contributed by atoms with Crippen LogP contribution in [0, 0.1) is 0 Å². The third kappa shape index (κ3) is 3.46. The predicted octanol–water partition coefficient (Wildman–Crippen LogP) is 2.92. The molecule has 1 aliphatic carbocycles. The highest BCUT2D eigenvalue weighted by Gasteiger charge is 2.52. The fourth-order valence-electron chi connectivity index (χ4n) is 3.48. The number of benzene rings is 1. The molecule has 1 heterocycles. The molecular weight excluding hydrogens is 262 g/mol. The number of aryl methyl sites for hydroxylation is 1. The predicted molar refractivity (Wildman–Crippen MR) is 82.9 cm³/mol. The first-order valence-corrected chi connectivity index (χ1v) is 8.25. The van der Waals surface area contributed by atoms with Crippen LogP contribution in [0.2, 0.25) is 0 Å². The number of rotatable bonds is 6. The van der Waals surface area contributed by atoms with E-state index in [1.54, 1.807) is 0 Å². The van der Waals surface area contributed by atoms with Gasteiger partial charge in [-0.15, -0.1) is 0 Å². The number of likely N-dealkylation sites (tertiary alicyclic amines) is 1. The molecular formula is C18H25NO2. The molecule has 3 nitrogen and oxygen atoms in total. The van der Waals surface area contributed by atoms with Gasteiger partial charge in [0, 0.05) is 13.0 Å². The van der Waals surface area contributed by atoms with E-state index >= 15 is 0 Å². The maximum absolute atomic E-state index is 12.4. The molecule has 2 aliphatic rings. The van der Waals surface area contributed by atoms with Crippen molar-refractivity contribution in [1.29, 1.82) is 0 Å². The van der Waals surface area contributed by atoms with E-state index in [4.69, 9.17) is 0 Å². The Bertz CT molecular complexity index is 481. The van der Waals surface area contributed by atoms with Crippen molar-refractivity contribution in [2.45, 2.75) is 63.0 Å². The molecule has 1 unspecified atom stereocenters. The Labute approximate surface area is 127 Å². The zero-order chi connectivity index (χ0) is 14.7. The van der Waals surface area contributed by atoms with Gasteiger partial charge in [-0.1, -0.05) is 30.3 Å². The normalized spacial score (nSPS) is 23.3. The van der Waals surface area contributed by atoms with Gasteiger partial charge in [-0.05, 0) is 50.5 Å². The van der Waals surface area contributed by atoms with Gasteiger partial charge >= 0.3 is 0 Å². The smallest absolute Gasteiger partial charge is 0.222 e. The topological polar surface area (TPSA) is 40.5 Å². The number of carbonyl (C=O) groups is 1. The highest BCUT2D eigenvalue weighted by Crippen LogP contribution is 2.44. The maximum Gasteiger partial charge on any atom is 0.222 e. The molecule has 1 aromatic rings. The van der Waals surface area contributed by atoms with E-state index in [2.05, 4.69) is 24.3 Å². The summed E-state index contributed by atoms with van der Waals surface area (Å²) in [4.78, 5) is 14.3. The molecule has 2 fully saturated rings. The lowest BCUT2D eigenvalue weighted by Gasteiger charge is -2.28. The van der Waals surface area contributed by atoms with Crippen molar-refractivity contribution in [3.8, 4) is 0 Å². The average molecular weight is 287 g/mol. The minimum absolute atomic E-state index is 0.0964. The molecule has 1 saturated heterocycles. The van der Waals surface area contributed by atoms with Gasteiger partial charge in [-0.2, -0.15) is 0 Å². The second-order valence-electron chi connectivity index (χ2n) is 6.54. The number of nitrogens with zero attached hydrogens (tertiary/aromatic N) is 1. The Morgan fingerprint density at radius 1 is 1.24 bits per heavy atom. The lowest BCUT2D eigenvalue weighted by molar-refractivity contribution is -0.134. The Morgan fingerprint density at radius 3 is 2.71 bits per heavy atom. The van der Waals surface area contributed by atoms with Gasteiger partial charge in [-0.25, -0.2) is 0 Å². The number of carbonyl (C=O) groups excluding carboxylic acids is 1. The molecule has 1 atom stereocenters. The Kier molecular flexibility index (Phi) is 4.29. The van der Waals surface area contributed by atoms with Crippen molar-refractivity contribution in [2.75, 3.05) is 6.54 Å². The average Bonchev–Trinajstić information content (AvgIpc) is 3.05. The van der Waals surface area contributed by atoms with Gasteiger partial charge < -0.3 is 10.0 Å². The molecule has 3 rings (SSSR count). The van der Waals surface area contributed by atoms with E-state index in [0.29, 0.717) is 6.42 Å². The molecule has 3 heteroatoms. The third-order valence-electron chi connectivity index (χ3n) is 4.90. The number of amides is 1. The molecule has 21 heavy (non-hydrogen) atoms. The first-order chi connectivity index (χ1) is 10.2. The van der Waals surface area contributed by atoms with Crippen LogP contribution < -0.4 is 0 Å². The molecule has 1 aromatic carbocycles. The number of hydrogen-bond acceptors (Lipinski definition) is 2. The zero-order valence-corrected chi connectivity index (χ0v) is 12.6.